The van der Waals surface area contributed by atoms with Crippen molar-refractivity contribution < 1.29 is 24.5 Å². The number of benzene rings is 2. The van der Waals surface area contributed by atoms with Crippen LogP contribution in [0.5, 0.6) is 11.5 Å². The zero-order valence-corrected chi connectivity index (χ0v) is 13.8. The van der Waals surface area contributed by atoms with Crippen molar-refractivity contribution >= 4 is 23.3 Å². The molecule has 3 rings (SSSR count). The van der Waals surface area contributed by atoms with E-state index in [1.807, 2.05) is 0 Å². The molecule has 0 aliphatic rings. The summed E-state index contributed by atoms with van der Waals surface area (Å²) in [5.41, 5.74) is 0.272. The summed E-state index contributed by atoms with van der Waals surface area (Å²) >= 11 is 0. The quantitative estimate of drug-likeness (QED) is 0.613. The predicted octanol–water partition coefficient (Wildman–Crippen LogP) is 4.69. The smallest absolute Gasteiger partial charge is 0.335 e. The first-order valence-electron chi connectivity index (χ1n) is 7.72. The number of hydrogen-bond donors (Lipinski definition) is 2. The van der Waals surface area contributed by atoms with Crippen LogP contribution in [0.3, 0.4) is 0 Å². The zero-order chi connectivity index (χ0) is 19.2. The van der Waals surface area contributed by atoms with Crippen LogP contribution in [0, 0.1) is 0 Å². The minimum atomic E-state index is -1.24. The minimum absolute atomic E-state index is 0.129. The highest BCUT2D eigenvalue weighted by molar-refractivity contribution is 5.95. The summed E-state index contributed by atoms with van der Waals surface area (Å²) < 4.78 is 5.64. The van der Waals surface area contributed by atoms with Gasteiger partial charge in [0.2, 0.25) is 0 Å². The average molecular weight is 363 g/mol. The lowest BCUT2D eigenvalue weighted by Gasteiger charge is -2.04. The second-order valence-electron chi connectivity index (χ2n) is 5.36. The van der Waals surface area contributed by atoms with Crippen molar-refractivity contribution in [1.82, 2.24) is 4.98 Å². The van der Waals surface area contributed by atoms with Crippen molar-refractivity contribution in [2.75, 3.05) is 0 Å². The van der Waals surface area contributed by atoms with Gasteiger partial charge in [-0.2, -0.15) is 10.2 Å². The Hall–Kier alpha value is -4.07. The van der Waals surface area contributed by atoms with Crippen molar-refractivity contribution in [3.8, 4) is 11.5 Å². The van der Waals surface area contributed by atoms with E-state index in [-0.39, 0.29) is 16.8 Å². The first-order valence-corrected chi connectivity index (χ1v) is 7.72. The molecule has 8 nitrogen and oxygen atoms in total. The fraction of sp³-hybridized carbons (Fsp3) is 0. The predicted molar refractivity (Wildman–Crippen MR) is 95.3 cm³/mol. The molecule has 3 aromatic rings. The van der Waals surface area contributed by atoms with Crippen molar-refractivity contribution in [3.63, 3.8) is 0 Å². The van der Waals surface area contributed by atoms with Crippen LogP contribution in [-0.2, 0) is 0 Å². The Morgan fingerprint density at radius 3 is 1.81 bits per heavy atom. The Kier molecular flexibility index (Phi) is 5.17. The normalized spacial score (nSPS) is 10.7. The molecule has 0 spiro atoms. The number of nitrogens with zero attached hydrogens (tertiary/aromatic N) is 3. The van der Waals surface area contributed by atoms with E-state index in [0.717, 1.165) is 6.07 Å². The molecule has 0 radical (unpaired) electrons. The molecule has 0 aliphatic heterocycles. The number of hydrogen-bond acceptors (Lipinski definition) is 6. The summed E-state index contributed by atoms with van der Waals surface area (Å²) in [6, 6.07) is 13.7. The molecule has 0 unspecified atom stereocenters. The van der Waals surface area contributed by atoms with Gasteiger partial charge in [0, 0.05) is 12.4 Å². The number of carboxylic acids is 2. The van der Waals surface area contributed by atoms with Crippen molar-refractivity contribution in [3.05, 3.63) is 78.1 Å². The Labute approximate surface area is 153 Å². The largest absolute Gasteiger partial charge is 0.478 e. The first kappa shape index (κ1) is 17.7. The Morgan fingerprint density at radius 1 is 0.741 bits per heavy atom. The van der Waals surface area contributed by atoms with E-state index in [4.69, 9.17) is 14.9 Å². The van der Waals surface area contributed by atoms with Crippen LogP contribution < -0.4 is 4.74 Å². The van der Waals surface area contributed by atoms with Crippen LogP contribution in [0.4, 0.5) is 11.4 Å². The van der Waals surface area contributed by atoms with E-state index in [2.05, 4.69) is 15.2 Å². The molecule has 0 saturated carbocycles. The maximum Gasteiger partial charge on any atom is 0.335 e. The molecule has 1 heterocycles. The van der Waals surface area contributed by atoms with Crippen molar-refractivity contribution in [2.45, 2.75) is 0 Å². The van der Waals surface area contributed by atoms with Crippen LogP contribution in [0.2, 0.25) is 0 Å². The molecule has 0 amide bonds. The maximum absolute atomic E-state index is 11.1. The third kappa shape index (κ3) is 4.73. The van der Waals surface area contributed by atoms with Gasteiger partial charge >= 0.3 is 11.9 Å². The van der Waals surface area contributed by atoms with Gasteiger partial charge in [-0.25, -0.2) is 9.59 Å². The fourth-order valence-electron chi connectivity index (χ4n) is 2.15. The fourth-order valence-corrected chi connectivity index (χ4v) is 2.15. The molecule has 0 fully saturated rings. The lowest BCUT2D eigenvalue weighted by molar-refractivity contribution is 0.0696. The number of rotatable bonds is 6. The number of aromatic carboxylic acids is 2. The maximum atomic E-state index is 11.1. The van der Waals surface area contributed by atoms with Crippen molar-refractivity contribution in [1.29, 1.82) is 0 Å². The molecule has 0 saturated heterocycles. The van der Waals surface area contributed by atoms with Gasteiger partial charge in [-0.3, -0.25) is 4.98 Å². The Morgan fingerprint density at radius 2 is 1.26 bits per heavy atom. The molecule has 0 bridgehead atoms. The SMILES string of the molecule is O=C(O)c1cc(N=Nc2ccc(Oc3ccncc3)cc2)cc(C(=O)O)c1. The molecule has 0 aliphatic carbocycles. The summed E-state index contributed by atoms with van der Waals surface area (Å²) in [7, 11) is 0. The van der Waals surface area contributed by atoms with Gasteiger partial charge in [-0.15, -0.1) is 0 Å². The third-order valence-electron chi connectivity index (χ3n) is 3.41. The van der Waals surface area contributed by atoms with E-state index in [9.17, 15) is 9.59 Å². The van der Waals surface area contributed by atoms with Gasteiger partial charge in [0.25, 0.3) is 0 Å². The van der Waals surface area contributed by atoms with Gasteiger partial charge in [-0.1, -0.05) is 0 Å². The molecule has 27 heavy (non-hydrogen) atoms. The van der Waals surface area contributed by atoms with E-state index in [1.54, 1.807) is 48.8 Å². The van der Waals surface area contributed by atoms with Gasteiger partial charge in [-0.05, 0) is 54.6 Å². The lowest BCUT2D eigenvalue weighted by atomic mass is 10.1. The standard InChI is InChI=1S/C19H13N3O5/c23-18(24)12-9-13(19(25)26)11-15(10-12)22-21-14-1-3-16(4-2-14)27-17-5-7-20-8-6-17/h1-11H,(H,23,24)(H,25,26). The monoisotopic (exact) mass is 363 g/mol. The molecule has 2 aromatic carbocycles. The molecule has 134 valence electrons. The molecular formula is C19H13N3O5. The topological polar surface area (TPSA) is 121 Å². The molecule has 2 N–H and O–H groups in total. The number of carbonyl (C=O) groups is 2. The van der Waals surface area contributed by atoms with Crippen LogP contribution >= 0.6 is 0 Å². The van der Waals surface area contributed by atoms with Gasteiger partial charge in [0.15, 0.2) is 0 Å². The van der Waals surface area contributed by atoms with Crippen LogP contribution in [-0.4, -0.2) is 27.1 Å². The summed E-state index contributed by atoms with van der Waals surface area (Å²) in [6.45, 7) is 0. The lowest BCUT2D eigenvalue weighted by Crippen LogP contribution is -2.01. The molecule has 1 aromatic heterocycles. The van der Waals surface area contributed by atoms with Gasteiger partial charge in [0.1, 0.15) is 11.5 Å². The zero-order valence-electron chi connectivity index (χ0n) is 13.8. The summed E-state index contributed by atoms with van der Waals surface area (Å²) in [5.74, 6) is -1.24. The minimum Gasteiger partial charge on any atom is -0.478 e. The number of aromatic nitrogens is 1. The van der Waals surface area contributed by atoms with Crippen molar-refractivity contribution in [2.24, 2.45) is 10.2 Å². The molecule has 0 atom stereocenters. The number of carboxylic acid groups (broad SMARTS) is 2. The number of ether oxygens (including phenoxy) is 1. The highest BCUT2D eigenvalue weighted by Crippen LogP contribution is 2.25. The highest BCUT2D eigenvalue weighted by Gasteiger charge is 2.11. The summed E-state index contributed by atoms with van der Waals surface area (Å²) in [4.78, 5) is 26.1. The summed E-state index contributed by atoms with van der Waals surface area (Å²) in [6.07, 6.45) is 3.24. The van der Waals surface area contributed by atoms with Crippen LogP contribution in [0.1, 0.15) is 20.7 Å². The third-order valence-corrected chi connectivity index (χ3v) is 3.41. The van der Waals surface area contributed by atoms with E-state index < -0.39 is 11.9 Å². The average Bonchev–Trinajstić information content (AvgIpc) is 2.68. The Bertz CT molecular complexity index is 969. The number of pyridine rings is 1. The van der Waals surface area contributed by atoms with Crippen LogP contribution in [0.25, 0.3) is 0 Å². The van der Waals surface area contributed by atoms with Crippen LogP contribution in [0.15, 0.2) is 77.2 Å². The number of azo groups is 1. The van der Waals surface area contributed by atoms with E-state index in [0.29, 0.717) is 17.2 Å². The Balaban J connectivity index is 1.77. The second-order valence-corrected chi connectivity index (χ2v) is 5.36. The molecular weight excluding hydrogens is 350 g/mol. The van der Waals surface area contributed by atoms with Gasteiger partial charge in [0.05, 0.1) is 22.5 Å². The molecule has 8 heteroatoms. The second kappa shape index (κ2) is 7.87. The first-order chi connectivity index (χ1) is 13.0. The van der Waals surface area contributed by atoms with E-state index in [1.165, 1.54) is 12.1 Å². The van der Waals surface area contributed by atoms with Gasteiger partial charge < -0.3 is 14.9 Å². The summed E-state index contributed by atoms with van der Waals surface area (Å²) in [5, 5.41) is 26.1. The highest BCUT2D eigenvalue weighted by atomic mass is 16.5. The van der Waals surface area contributed by atoms with E-state index >= 15 is 0 Å².